The smallest absolute Gasteiger partial charge is 0.265 e. The molecular weight excluding hydrogens is 300 g/mol. The van der Waals surface area contributed by atoms with Gasteiger partial charge in [-0.05, 0) is 46.0 Å². The van der Waals surface area contributed by atoms with Gasteiger partial charge in [-0.15, -0.1) is 16.4 Å². The van der Waals surface area contributed by atoms with Crippen molar-refractivity contribution in [2.75, 3.05) is 13.6 Å². The molecule has 7 nitrogen and oxygen atoms in total. The van der Waals surface area contributed by atoms with E-state index in [1.54, 1.807) is 24.3 Å². The average Bonchev–Trinajstić information content (AvgIpc) is 3.23. The Morgan fingerprint density at radius 1 is 1.32 bits per heavy atom. The molecule has 0 aliphatic carbocycles. The number of rotatable bonds is 5. The highest BCUT2D eigenvalue weighted by molar-refractivity contribution is 7.12. The van der Waals surface area contributed by atoms with Crippen molar-refractivity contribution in [2.45, 2.75) is 6.42 Å². The maximum absolute atomic E-state index is 12.6. The second kappa shape index (κ2) is 6.44. The summed E-state index contributed by atoms with van der Waals surface area (Å²) in [5.41, 5.74) is 1.86. The van der Waals surface area contributed by atoms with Crippen LogP contribution in [0.5, 0.6) is 0 Å². The number of nitrogens with zero attached hydrogens (tertiary/aromatic N) is 6. The average molecular weight is 314 g/mol. The van der Waals surface area contributed by atoms with Gasteiger partial charge in [0.1, 0.15) is 11.2 Å². The molecule has 22 heavy (non-hydrogen) atoms. The van der Waals surface area contributed by atoms with E-state index in [0.717, 1.165) is 12.0 Å². The molecule has 0 saturated carbocycles. The minimum absolute atomic E-state index is 0.0328. The molecule has 0 spiro atoms. The third-order valence-electron chi connectivity index (χ3n) is 3.27. The molecule has 0 aliphatic heterocycles. The van der Waals surface area contributed by atoms with Crippen LogP contribution in [0.4, 0.5) is 0 Å². The van der Waals surface area contributed by atoms with E-state index in [1.165, 1.54) is 22.3 Å². The highest BCUT2D eigenvalue weighted by Crippen LogP contribution is 2.21. The van der Waals surface area contributed by atoms with E-state index in [-0.39, 0.29) is 5.91 Å². The zero-order chi connectivity index (χ0) is 15.4. The highest BCUT2D eigenvalue weighted by Gasteiger charge is 2.19. The van der Waals surface area contributed by atoms with Gasteiger partial charge in [0.2, 0.25) is 0 Å². The van der Waals surface area contributed by atoms with Crippen molar-refractivity contribution in [3.8, 4) is 5.69 Å². The zero-order valence-corrected chi connectivity index (χ0v) is 12.8. The summed E-state index contributed by atoms with van der Waals surface area (Å²) in [5.74, 6) is -0.0328. The van der Waals surface area contributed by atoms with Gasteiger partial charge in [0.25, 0.3) is 5.91 Å². The lowest BCUT2D eigenvalue weighted by molar-refractivity contribution is 0.0801. The molecule has 3 aromatic heterocycles. The number of hydrogen-bond donors (Lipinski definition) is 0. The number of carbonyl (C=O) groups is 1. The fourth-order valence-corrected chi connectivity index (χ4v) is 2.91. The normalized spacial score (nSPS) is 10.6. The molecule has 0 unspecified atom stereocenters. The van der Waals surface area contributed by atoms with Crippen molar-refractivity contribution in [2.24, 2.45) is 0 Å². The van der Waals surface area contributed by atoms with E-state index in [2.05, 4.69) is 20.5 Å². The number of thiophene rings is 1. The van der Waals surface area contributed by atoms with Gasteiger partial charge in [-0.3, -0.25) is 9.78 Å². The van der Waals surface area contributed by atoms with Gasteiger partial charge in [-0.1, -0.05) is 0 Å². The van der Waals surface area contributed by atoms with E-state index in [9.17, 15) is 4.79 Å². The molecule has 3 aromatic rings. The van der Waals surface area contributed by atoms with Gasteiger partial charge < -0.3 is 4.90 Å². The van der Waals surface area contributed by atoms with Crippen molar-refractivity contribution in [3.05, 3.63) is 52.7 Å². The topological polar surface area (TPSA) is 76.8 Å². The molecule has 0 bridgehead atoms. The molecule has 0 aromatic carbocycles. The molecule has 0 N–H and O–H groups in total. The molecular formula is C14H14N6OS. The Morgan fingerprint density at radius 2 is 2.14 bits per heavy atom. The first-order valence-electron chi connectivity index (χ1n) is 6.71. The summed E-state index contributed by atoms with van der Waals surface area (Å²) in [6.45, 7) is 0.635. The summed E-state index contributed by atoms with van der Waals surface area (Å²) < 4.78 is 1.50. The Kier molecular flexibility index (Phi) is 4.19. The first-order chi connectivity index (χ1) is 10.8. The number of amides is 1. The fraction of sp³-hybridized carbons (Fsp3) is 0.214. The maximum Gasteiger partial charge on any atom is 0.265 e. The van der Waals surface area contributed by atoms with Crippen LogP contribution in [0.3, 0.4) is 0 Å². The third kappa shape index (κ3) is 3.01. The van der Waals surface area contributed by atoms with Crippen LogP contribution in [0.15, 0.2) is 42.3 Å². The lowest BCUT2D eigenvalue weighted by atomic mass is 10.2. The van der Waals surface area contributed by atoms with Crippen molar-refractivity contribution < 1.29 is 4.79 Å². The lowest BCUT2D eigenvalue weighted by Gasteiger charge is -2.17. The van der Waals surface area contributed by atoms with E-state index < -0.39 is 0 Å². The Hall–Kier alpha value is -2.61. The Bertz CT molecular complexity index is 740. The summed E-state index contributed by atoms with van der Waals surface area (Å²) in [6.07, 6.45) is 5.78. The second-order valence-corrected chi connectivity index (χ2v) is 5.64. The van der Waals surface area contributed by atoms with Gasteiger partial charge in [0, 0.05) is 26.0 Å². The molecule has 3 heterocycles. The van der Waals surface area contributed by atoms with Crippen molar-refractivity contribution in [3.63, 3.8) is 0 Å². The third-order valence-corrected chi connectivity index (χ3v) is 4.16. The Labute approximate surface area is 131 Å². The zero-order valence-electron chi connectivity index (χ0n) is 12.0. The highest BCUT2D eigenvalue weighted by atomic mass is 32.1. The van der Waals surface area contributed by atoms with Gasteiger partial charge in [0.05, 0.1) is 5.69 Å². The predicted octanol–water partition coefficient (Wildman–Crippen LogP) is 1.43. The van der Waals surface area contributed by atoms with Gasteiger partial charge in [0.15, 0.2) is 0 Å². The molecule has 1 amide bonds. The van der Waals surface area contributed by atoms with E-state index in [4.69, 9.17) is 0 Å². The molecule has 8 heteroatoms. The van der Waals surface area contributed by atoms with Crippen LogP contribution in [0.1, 0.15) is 15.2 Å². The van der Waals surface area contributed by atoms with Crippen LogP contribution in [0, 0.1) is 0 Å². The second-order valence-electron chi connectivity index (χ2n) is 4.72. The summed E-state index contributed by atoms with van der Waals surface area (Å²) in [6, 6.07) is 5.75. The summed E-state index contributed by atoms with van der Waals surface area (Å²) >= 11 is 1.39. The number of carbonyl (C=O) groups excluding carboxylic acids is 1. The molecule has 0 fully saturated rings. The molecule has 0 aliphatic rings. The van der Waals surface area contributed by atoms with E-state index in [0.29, 0.717) is 17.1 Å². The predicted molar refractivity (Wildman–Crippen MR) is 81.9 cm³/mol. The van der Waals surface area contributed by atoms with E-state index >= 15 is 0 Å². The van der Waals surface area contributed by atoms with E-state index in [1.807, 2.05) is 23.6 Å². The van der Waals surface area contributed by atoms with Crippen molar-refractivity contribution >= 4 is 17.2 Å². The fourth-order valence-electron chi connectivity index (χ4n) is 2.04. The molecule has 3 rings (SSSR count). The standard InChI is InChI=1S/C14H14N6OS/c1-19(8-4-11-2-6-15-7-3-11)14(21)13-12(5-9-22-13)20-10-16-17-18-20/h2-3,5-7,9-10H,4,8H2,1H3. The monoisotopic (exact) mass is 314 g/mol. The molecule has 112 valence electrons. The summed E-state index contributed by atoms with van der Waals surface area (Å²) in [4.78, 5) is 18.9. The lowest BCUT2D eigenvalue weighted by Crippen LogP contribution is -2.29. The van der Waals surface area contributed by atoms with Crippen LogP contribution >= 0.6 is 11.3 Å². The Morgan fingerprint density at radius 3 is 2.86 bits per heavy atom. The summed E-state index contributed by atoms with van der Waals surface area (Å²) in [7, 11) is 1.80. The summed E-state index contributed by atoms with van der Waals surface area (Å²) in [5, 5.41) is 12.9. The first kappa shape index (κ1) is 14.3. The SMILES string of the molecule is CN(CCc1ccncc1)C(=O)c1sccc1-n1cnnn1. The first-order valence-corrected chi connectivity index (χ1v) is 7.59. The van der Waals surface area contributed by atoms with Crippen molar-refractivity contribution in [1.82, 2.24) is 30.1 Å². The minimum Gasteiger partial charge on any atom is -0.341 e. The number of aromatic nitrogens is 5. The van der Waals surface area contributed by atoms with Crippen LogP contribution in [0.2, 0.25) is 0 Å². The minimum atomic E-state index is -0.0328. The number of hydrogen-bond acceptors (Lipinski definition) is 6. The molecule has 0 radical (unpaired) electrons. The molecule has 0 atom stereocenters. The Balaban J connectivity index is 1.70. The number of pyridine rings is 1. The maximum atomic E-state index is 12.6. The quantitative estimate of drug-likeness (QED) is 0.712. The largest absolute Gasteiger partial charge is 0.341 e. The number of tetrazole rings is 1. The van der Waals surface area contributed by atoms with Gasteiger partial charge in [-0.25, -0.2) is 0 Å². The van der Waals surface area contributed by atoms with Crippen LogP contribution in [0.25, 0.3) is 5.69 Å². The van der Waals surface area contributed by atoms with Crippen LogP contribution in [-0.4, -0.2) is 49.6 Å². The van der Waals surface area contributed by atoms with Gasteiger partial charge in [-0.2, -0.15) is 4.68 Å². The molecule has 0 saturated heterocycles. The van der Waals surface area contributed by atoms with Crippen molar-refractivity contribution in [1.29, 1.82) is 0 Å². The number of likely N-dealkylation sites (N-methyl/N-ethyl adjacent to an activating group) is 1. The van der Waals surface area contributed by atoms with Crippen LogP contribution in [-0.2, 0) is 6.42 Å². The van der Waals surface area contributed by atoms with Crippen LogP contribution < -0.4 is 0 Å². The van der Waals surface area contributed by atoms with Gasteiger partial charge >= 0.3 is 0 Å².